The molecule has 6 nitrogen and oxygen atoms in total. The van der Waals surface area contributed by atoms with Crippen molar-refractivity contribution in [2.45, 2.75) is 0 Å². The molecule has 0 fully saturated rings. The van der Waals surface area contributed by atoms with Crippen LogP contribution in [0, 0.1) is 0 Å². The van der Waals surface area contributed by atoms with E-state index < -0.39 is 17.7 Å². The summed E-state index contributed by atoms with van der Waals surface area (Å²) in [5, 5.41) is 6.41. The average molecular weight is 556 g/mol. The van der Waals surface area contributed by atoms with Crippen LogP contribution in [-0.2, 0) is 9.59 Å². The zero-order chi connectivity index (χ0) is 24.6. The molecule has 2 N–H and O–H groups in total. The lowest BCUT2D eigenvalue weighted by Crippen LogP contribution is -2.32. The van der Waals surface area contributed by atoms with E-state index in [0.717, 1.165) is 4.90 Å². The highest BCUT2D eigenvalue weighted by atomic mass is 35.5. The van der Waals surface area contributed by atoms with Gasteiger partial charge in [0.25, 0.3) is 17.7 Å². The standard InChI is InChI=1S/C23H12Cl5N3O3/c24-12-7-13(25)9-15(8-12)30-21(32)11-2-1-3-14(6-11)29-20-19(28)22(33)31(23(20)34)16-4-5-17(26)18(27)10-16/h1-10,29H,(H,30,32). The molecule has 0 radical (unpaired) electrons. The molecule has 0 saturated carbocycles. The molecule has 34 heavy (non-hydrogen) atoms. The van der Waals surface area contributed by atoms with Crippen molar-refractivity contribution in [1.29, 1.82) is 0 Å². The Labute approximate surface area is 219 Å². The van der Waals surface area contributed by atoms with Gasteiger partial charge in [-0.1, -0.05) is 64.1 Å². The van der Waals surface area contributed by atoms with Gasteiger partial charge in [-0.2, -0.15) is 0 Å². The van der Waals surface area contributed by atoms with Gasteiger partial charge < -0.3 is 10.6 Å². The van der Waals surface area contributed by atoms with Gasteiger partial charge in [0.05, 0.1) is 15.7 Å². The van der Waals surface area contributed by atoms with Gasteiger partial charge in [-0.3, -0.25) is 14.4 Å². The highest BCUT2D eigenvalue weighted by molar-refractivity contribution is 6.53. The SMILES string of the molecule is O=C(Nc1cc(Cl)cc(Cl)c1)c1cccc(NC2=C(Cl)C(=O)N(c3ccc(Cl)c(Cl)c3)C2=O)c1. The van der Waals surface area contributed by atoms with Crippen LogP contribution < -0.4 is 15.5 Å². The first-order valence-corrected chi connectivity index (χ1v) is 11.4. The van der Waals surface area contributed by atoms with Crippen molar-refractivity contribution < 1.29 is 14.4 Å². The molecule has 3 aromatic carbocycles. The second-order valence-corrected chi connectivity index (χ2v) is 9.12. The summed E-state index contributed by atoms with van der Waals surface area (Å²) >= 11 is 30.0. The molecular weight excluding hydrogens is 544 g/mol. The van der Waals surface area contributed by atoms with Crippen molar-refractivity contribution in [3.8, 4) is 0 Å². The third kappa shape index (κ3) is 5.02. The maximum absolute atomic E-state index is 13.0. The maximum atomic E-state index is 13.0. The Morgan fingerprint density at radius 3 is 2.12 bits per heavy atom. The van der Waals surface area contributed by atoms with E-state index in [1.165, 1.54) is 24.3 Å². The zero-order valence-electron chi connectivity index (χ0n) is 16.8. The third-order valence-corrected chi connectivity index (χ3v) is 6.23. The van der Waals surface area contributed by atoms with Gasteiger partial charge in [0.2, 0.25) is 0 Å². The molecule has 0 saturated heterocycles. The number of nitrogens with zero attached hydrogens (tertiary/aromatic N) is 1. The van der Waals surface area contributed by atoms with Crippen molar-refractivity contribution in [2.24, 2.45) is 0 Å². The first-order chi connectivity index (χ1) is 16.1. The molecule has 0 aliphatic carbocycles. The summed E-state index contributed by atoms with van der Waals surface area (Å²) in [5.74, 6) is -1.84. The Bertz CT molecular complexity index is 1370. The summed E-state index contributed by atoms with van der Waals surface area (Å²) < 4.78 is 0. The van der Waals surface area contributed by atoms with Crippen LogP contribution in [0.2, 0.25) is 20.1 Å². The van der Waals surface area contributed by atoms with Crippen LogP contribution in [0.1, 0.15) is 10.4 Å². The van der Waals surface area contributed by atoms with Crippen molar-refractivity contribution in [1.82, 2.24) is 0 Å². The molecule has 3 aromatic rings. The number of imide groups is 1. The van der Waals surface area contributed by atoms with Gasteiger partial charge in [0, 0.05) is 27.0 Å². The van der Waals surface area contributed by atoms with E-state index in [-0.39, 0.29) is 32.0 Å². The van der Waals surface area contributed by atoms with Gasteiger partial charge in [-0.25, -0.2) is 4.90 Å². The molecule has 0 atom stereocenters. The summed E-state index contributed by atoms with van der Waals surface area (Å²) in [7, 11) is 0. The largest absolute Gasteiger partial charge is 0.350 e. The van der Waals surface area contributed by atoms with Crippen molar-refractivity contribution in [3.05, 3.63) is 97.0 Å². The fraction of sp³-hybridized carbons (Fsp3) is 0. The number of halogens is 5. The first kappa shape index (κ1) is 24.4. The van der Waals surface area contributed by atoms with Crippen LogP contribution in [0.15, 0.2) is 71.4 Å². The minimum absolute atomic E-state index is 0.142. The van der Waals surface area contributed by atoms with E-state index in [1.54, 1.807) is 36.4 Å². The van der Waals surface area contributed by atoms with Crippen LogP contribution in [0.4, 0.5) is 17.1 Å². The highest BCUT2D eigenvalue weighted by Gasteiger charge is 2.39. The second kappa shape index (κ2) is 9.86. The van der Waals surface area contributed by atoms with Crippen LogP contribution in [0.25, 0.3) is 0 Å². The lowest BCUT2D eigenvalue weighted by Gasteiger charge is -2.16. The molecule has 3 amide bonds. The van der Waals surface area contributed by atoms with Crippen molar-refractivity contribution >= 4 is 92.8 Å². The normalized spacial score (nSPS) is 13.5. The molecular formula is C23H12Cl5N3O3. The number of carbonyl (C=O) groups excluding carboxylic acids is 3. The Hall–Kier alpha value is -2.74. The second-order valence-electron chi connectivity index (χ2n) is 7.05. The van der Waals surface area contributed by atoms with E-state index in [4.69, 9.17) is 58.0 Å². The third-order valence-electron chi connectivity index (χ3n) is 4.70. The molecule has 0 spiro atoms. The molecule has 0 unspecified atom stereocenters. The highest BCUT2D eigenvalue weighted by Crippen LogP contribution is 2.33. The number of hydrogen-bond acceptors (Lipinski definition) is 4. The fourth-order valence-electron chi connectivity index (χ4n) is 3.18. The Morgan fingerprint density at radius 1 is 0.735 bits per heavy atom. The van der Waals surface area contributed by atoms with Gasteiger partial charge in [-0.05, 0) is 54.6 Å². The number of amides is 3. The lowest BCUT2D eigenvalue weighted by atomic mass is 10.1. The van der Waals surface area contributed by atoms with Gasteiger partial charge in [0.1, 0.15) is 10.7 Å². The number of nitrogens with one attached hydrogen (secondary N) is 2. The summed E-state index contributed by atoms with van der Waals surface area (Å²) in [6.45, 7) is 0. The number of carbonyl (C=O) groups is 3. The lowest BCUT2D eigenvalue weighted by molar-refractivity contribution is -0.120. The summed E-state index contributed by atoms with van der Waals surface area (Å²) in [5.41, 5.74) is 1.13. The molecule has 1 aliphatic heterocycles. The quantitative estimate of drug-likeness (QED) is 0.333. The summed E-state index contributed by atoms with van der Waals surface area (Å²) in [4.78, 5) is 39.2. The topological polar surface area (TPSA) is 78.5 Å². The van der Waals surface area contributed by atoms with E-state index >= 15 is 0 Å². The molecule has 11 heteroatoms. The minimum Gasteiger partial charge on any atom is -0.350 e. The summed E-state index contributed by atoms with van der Waals surface area (Å²) in [6.07, 6.45) is 0. The number of rotatable bonds is 5. The molecule has 172 valence electrons. The Kier molecular flexibility index (Phi) is 7.07. The number of hydrogen-bond donors (Lipinski definition) is 2. The average Bonchev–Trinajstić information content (AvgIpc) is 2.98. The van der Waals surface area contributed by atoms with Gasteiger partial charge >= 0.3 is 0 Å². The van der Waals surface area contributed by atoms with Crippen LogP contribution in [0.5, 0.6) is 0 Å². The van der Waals surface area contributed by atoms with E-state index in [0.29, 0.717) is 21.4 Å². The van der Waals surface area contributed by atoms with E-state index in [2.05, 4.69) is 10.6 Å². The molecule has 0 aromatic heterocycles. The zero-order valence-corrected chi connectivity index (χ0v) is 20.6. The molecule has 0 bridgehead atoms. The fourth-order valence-corrected chi connectivity index (χ4v) is 4.21. The van der Waals surface area contributed by atoms with Crippen molar-refractivity contribution in [3.63, 3.8) is 0 Å². The van der Waals surface area contributed by atoms with E-state index in [1.807, 2.05) is 0 Å². The smallest absolute Gasteiger partial charge is 0.283 e. The Morgan fingerprint density at radius 2 is 1.44 bits per heavy atom. The predicted octanol–water partition coefficient (Wildman–Crippen LogP) is 6.99. The Balaban J connectivity index is 1.55. The number of anilines is 3. The minimum atomic E-state index is -0.723. The number of benzene rings is 3. The molecule has 4 rings (SSSR count). The predicted molar refractivity (Wildman–Crippen MR) is 136 cm³/mol. The maximum Gasteiger partial charge on any atom is 0.283 e. The molecule has 1 aliphatic rings. The molecule has 1 heterocycles. The van der Waals surface area contributed by atoms with Crippen LogP contribution in [-0.4, -0.2) is 17.7 Å². The van der Waals surface area contributed by atoms with E-state index in [9.17, 15) is 14.4 Å². The monoisotopic (exact) mass is 553 g/mol. The van der Waals surface area contributed by atoms with Crippen LogP contribution >= 0.6 is 58.0 Å². The van der Waals surface area contributed by atoms with Crippen LogP contribution in [0.3, 0.4) is 0 Å². The van der Waals surface area contributed by atoms with Crippen molar-refractivity contribution in [2.75, 3.05) is 15.5 Å². The van der Waals surface area contributed by atoms with Gasteiger partial charge in [-0.15, -0.1) is 0 Å². The first-order valence-electron chi connectivity index (χ1n) is 9.52. The summed E-state index contributed by atoms with van der Waals surface area (Å²) in [6, 6.07) is 15.3. The van der Waals surface area contributed by atoms with Gasteiger partial charge in [0.15, 0.2) is 0 Å².